The van der Waals surface area contributed by atoms with Crippen molar-refractivity contribution in [1.29, 1.82) is 0 Å². The number of hydrogen-bond donors (Lipinski definition) is 1. The van der Waals surface area contributed by atoms with Crippen molar-refractivity contribution >= 4 is 10.9 Å². The lowest BCUT2D eigenvalue weighted by atomic mass is 10.2. The van der Waals surface area contributed by atoms with E-state index in [-0.39, 0.29) is 0 Å². The molecule has 3 nitrogen and oxygen atoms in total. The third-order valence-electron chi connectivity index (χ3n) is 2.59. The molecule has 3 heteroatoms. The smallest absolute Gasteiger partial charge is 0.124 e. The van der Waals surface area contributed by atoms with Crippen molar-refractivity contribution in [2.45, 2.75) is 12.6 Å². The first kappa shape index (κ1) is 7.88. The molecule has 1 saturated heterocycles. The van der Waals surface area contributed by atoms with E-state index in [4.69, 9.17) is 4.74 Å². The zero-order chi connectivity index (χ0) is 9.54. The number of rotatable bonds is 2. The van der Waals surface area contributed by atoms with Crippen LogP contribution in [-0.2, 0) is 11.3 Å². The summed E-state index contributed by atoms with van der Waals surface area (Å²) in [5.41, 5.74) is 1.07. The van der Waals surface area contributed by atoms with E-state index in [1.54, 1.807) is 6.07 Å². The molecule has 1 unspecified atom stereocenters. The molecule has 3 rings (SSSR count). The predicted molar refractivity (Wildman–Crippen MR) is 53.3 cm³/mol. The van der Waals surface area contributed by atoms with E-state index in [1.807, 2.05) is 24.4 Å². The Morgan fingerprint density at radius 3 is 3.07 bits per heavy atom. The van der Waals surface area contributed by atoms with E-state index in [0.29, 0.717) is 11.9 Å². The van der Waals surface area contributed by atoms with Crippen LogP contribution >= 0.6 is 0 Å². The van der Waals surface area contributed by atoms with Crippen LogP contribution in [0.4, 0.5) is 0 Å². The van der Waals surface area contributed by atoms with Crippen LogP contribution in [0.15, 0.2) is 30.5 Å². The molecule has 1 N–H and O–H groups in total. The number of aromatic nitrogens is 1. The summed E-state index contributed by atoms with van der Waals surface area (Å²) >= 11 is 0. The fraction of sp³-hybridized carbons (Fsp3) is 0.273. The minimum absolute atomic E-state index is 0.345. The molecule has 72 valence electrons. The maximum Gasteiger partial charge on any atom is 0.124 e. The summed E-state index contributed by atoms with van der Waals surface area (Å²) < 4.78 is 7.30. The number of ether oxygens (including phenoxy) is 1. The van der Waals surface area contributed by atoms with Gasteiger partial charge in [-0.1, -0.05) is 6.07 Å². The monoisotopic (exact) mass is 189 g/mol. The molecular weight excluding hydrogens is 178 g/mol. The summed E-state index contributed by atoms with van der Waals surface area (Å²) in [6.07, 6.45) is 2.36. The van der Waals surface area contributed by atoms with Gasteiger partial charge in [-0.2, -0.15) is 0 Å². The van der Waals surface area contributed by atoms with Gasteiger partial charge in [0.05, 0.1) is 24.8 Å². The molecular formula is C11H11NO2. The summed E-state index contributed by atoms with van der Waals surface area (Å²) in [6.45, 7) is 1.74. The Balaban J connectivity index is 2.10. The highest BCUT2D eigenvalue weighted by Gasteiger charge is 2.23. The number of aromatic hydroxyl groups is 1. The van der Waals surface area contributed by atoms with Crippen molar-refractivity contribution in [3.8, 4) is 5.75 Å². The van der Waals surface area contributed by atoms with Crippen LogP contribution in [0.1, 0.15) is 0 Å². The van der Waals surface area contributed by atoms with Gasteiger partial charge in [0.1, 0.15) is 5.75 Å². The first-order chi connectivity index (χ1) is 6.84. The largest absolute Gasteiger partial charge is 0.507 e. The molecule has 1 atom stereocenters. The van der Waals surface area contributed by atoms with Crippen molar-refractivity contribution in [1.82, 2.24) is 4.57 Å². The Hall–Kier alpha value is -1.48. The van der Waals surface area contributed by atoms with Gasteiger partial charge >= 0.3 is 0 Å². The van der Waals surface area contributed by atoms with E-state index in [2.05, 4.69) is 4.57 Å². The molecule has 1 aromatic carbocycles. The fourth-order valence-corrected chi connectivity index (χ4v) is 1.76. The van der Waals surface area contributed by atoms with E-state index in [1.165, 1.54) is 0 Å². The highest BCUT2D eigenvalue weighted by molar-refractivity contribution is 5.86. The van der Waals surface area contributed by atoms with Gasteiger partial charge in [0.2, 0.25) is 0 Å². The standard InChI is InChI=1S/C11H11NO2/c13-11-3-1-2-10-9(11)4-5-12(10)6-8-7-14-8/h1-5,8,13H,6-7H2. The van der Waals surface area contributed by atoms with Crippen molar-refractivity contribution in [2.75, 3.05) is 6.61 Å². The van der Waals surface area contributed by atoms with Crippen LogP contribution in [0.5, 0.6) is 5.75 Å². The van der Waals surface area contributed by atoms with Crippen LogP contribution in [0.3, 0.4) is 0 Å². The maximum absolute atomic E-state index is 9.59. The Morgan fingerprint density at radius 2 is 2.29 bits per heavy atom. The summed E-state index contributed by atoms with van der Waals surface area (Å²) in [5.74, 6) is 0.345. The molecule has 0 aliphatic carbocycles. The quantitative estimate of drug-likeness (QED) is 0.731. The van der Waals surface area contributed by atoms with E-state index in [0.717, 1.165) is 24.1 Å². The highest BCUT2D eigenvalue weighted by atomic mass is 16.6. The number of epoxide rings is 1. The number of nitrogens with zero attached hydrogens (tertiary/aromatic N) is 1. The van der Waals surface area contributed by atoms with E-state index >= 15 is 0 Å². The minimum atomic E-state index is 0.345. The summed E-state index contributed by atoms with van der Waals surface area (Å²) in [5, 5.41) is 10.5. The number of benzene rings is 1. The molecule has 0 bridgehead atoms. The van der Waals surface area contributed by atoms with Crippen molar-refractivity contribution in [2.24, 2.45) is 0 Å². The topological polar surface area (TPSA) is 37.7 Å². The van der Waals surface area contributed by atoms with Gasteiger partial charge in [0.25, 0.3) is 0 Å². The Labute approximate surface area is 81.5 Å². The third kappa shape index (κ3) is 1.17. The van der Waals surface area contributed by atoms with Gasteiger partial charge in [-0.25, -0.2) is 0 Å². The highest BCUT2D eigenvalue weighted by Crippen LogP contribution is 2.26. The molecule has 1 aromatic heterocycles. The molecule has 1 aliphatic rings. The fourth-order valence-electron chi connectivity index (χ4n) is 1.76. The average molecular weight is 189 g/mol. The average Bonchev–Trinajstić information content (AvgIpc) is 2.88. The maximum atomic E-state index is 9.59. The molecule has 1 aliphatic heterocycles. The minimum Gasteiger partial charge on any atom is -0.507 e. The third-order valence-corrected chi connectivity index (χ3v) is 2.59. The second-order valence-corrected chi connectivity index (χ2v) is 3.63. The number of fused-ring (bicyclic) bond motifs is 1. The van der Waals surface area contributed by atoms with Crippen molar-refractivity contribution in [3.05, 3.63) is 30.5 Å². The molecule has 14 heavy (non-hydrogen) atoms. The first-order valence-corrected chi connectivity index (χ1v) is 4.73. The molecule has 0 amide bonds. The first-order valence-electron chi connectivity index (χ1n) is 4.73. The second kappa shape index (κ2) is 2.75. The Bertz CT molecular complexity index is 471. The van der Waals surface area contributed by atoms with Gasteiger partial charge in [-0.15, -0.1) is 0 Å². The lowest BCUT2D eigenvalue weighted by molar-refractivity contribution is 0.385. The van der Waals surface area contributed by atoms with Crippen LogP contribution in [-0.4, -0.2) is 22.4 Å². The van der Waals surface area contributed by atoms with Crippen LogP contribution in [0, 0.1) is 0 Å². The van der Waals surface area contributed by atoms with E-state index < -0.39 is 0 Å². The zero-order valence-corrected chi connectivity index (χ0v) is 7.68. The SMILES string of the molecule is Oc1cccc2c1ccn2CC1CO1. The lowest BCUT2D eigenvalue weighted by Crippen LogP contribution is -2.01. The van der Waals surface area contributed by atoms with Crippen molar-refractivity contribution in [3.63, 3.8) is 0 Å². The summed E-state index contributed by atoms with van der Waals surface area (Å²) in [4.78, 5) is 0. The van der Waals surface area contributed by atoms with Gasteiger partial charge in [-0.3, -0.25) is 0 Å². The Kier molecular flexibility index (Phi) is 1.55. The van der Waals surface area contributed by atoms with Gasteiger partial charge in [0, 0.05) is 11.6 Å². The summed E-state index contributed by atoms with van der Waals surface area (Å²) in [7, 11) is 0. The van der Waals surface area contributed by atoms with Gasteiger partial charge in [0.15, 0.2) is 0 Å². The number of hydrogen-bond acceptors (Lipinski definition) is 2. The second-order valence-electron chi connectivity index (χ2n) is 3.63. The van der Waals surface area contributed by atoms with Crippen LogP contribution in [0.25, 0.3) is 10.9 Å². The number of phenols is 1. The molecule has 0 spiro atoms. The predicted octanol–water partition coefficient (Wildman–Crippen LogP) is 1.75. The molecule has 2 heterocycles. The Morgan fingerprint density at radius 1 is 1.43 bits per heavy atom. The molecule has 2 aromatic rings. The van der Waals surface area contributed by atoms with Crippen molar-refractivity contribution < 1.29 is 9.84 Å². The van der Waals surface area contributed by atoms with Crippen LogP contribution in [0.2, 0.25) is 0 Å². The lowest BCUT2D eigenvalue weighted by Gasteiger charge is -2.02. The number of phenolic OH excluding ortho intramolecular Hbond substituents is 1. The van der Waals surface area contributed by atoms with Gasteiger partial charge < -0.3 is 14.4 Å². The molecule has 1 fully saturated rings. The van der Waals surface area contributed by atoms with Crippen LogP contribution < -0.4 is 0 Å². The summed E-state index contributed by atoms with van der Waals surface area (Å²) in [6, 6.07) is 7.52. The normalized spacial score (nSPS) is 20.1. The molecule has 0 radical (unpaired) electrons. The van der Waals surface area contributed by atoms with Gasteiger partial charge in [-0.05, 0) is 18.2 Å². The van der Waals surface area contributed by atoms with E-state index in [9.17, 15) is 5.11 Å². The molecule has 0 saturated carbocycles. The zero-order valence-electron chi connectivity index (χ0n) is 7.68.